The van der Waals surface area contributed by atoms with Crippen LogP contribution in [0.15, 0.2) is 0 Å². The predicted molar refractivity (Wildman–Crippen MR) is 70.5 cm³/mol. The predicted octanol–water partition coefficient (Wildman–Crippen LogP) is 3.13. The van der Waals surface area contributed by atoms with Crippen molar-refractivity contribution < 1.29 is 19.8 Å². The third-order valence-electron chi connectivity index (χ3n) is 1.82. The summed E-state index contributed by atoms with van der Waals surface area (Å²) in [5, 5.41) is 18.1. The average Bonchev–Trinajstić information content (AvgIpc) is 2.23. The molecule has 0 aliphatic rings. The zero-order valence-electron chi connectivity index (χ0n) is 9.29. The summed E-state index contributed by atoms with van der Waals surface area (Å²) in [4.78, 5) is 20.0. The van der Waals surface area contributed by atoms with Crippen molar-refractivity contribution in [2.24, 2.45) is 5.92 Å². The summed E-state index contributed by atoms with van der Waals surface area (Å²) in [5.41, 5.74) is 0. The molecular weight excluding hydrogens is 344 g/mol. The molecule has 1 unspecified atom stereocenters. The summed E-state index contributed by atoms with van der Waals surface area (Å²) in [6, 6.07) is 0. The van der Waals surface area contributed by atoms with Gasteiger partial charge in [-0.2, -0.15) is 0 Å². The van der Waals surface area contributed by atoms with Crippen molar-refractivity contribution in [3.63, 3.8) is 0 Å². The Labute approximate surface area is 113 Å². The molecule has 0 aliphatic heterocycles. The van der Waals surface area contributed by atoms with E-state index in [0.29, 0.717) is 0 Å². The third kappa shape index (κ3) is 13.9. The summed E-state index contributed by atoms with van der Waals surface area (Å²) in [6.45, 7) is 1.89. The summed E-state index contributed by atoms with van der Waals surface area (Å²) in [5.74, 6) is -1.57. The molecule has 1 atom stereocenters. The van der Waals surface area contributed by atoms with Crippen molar-refractivity contribution in [2.75, 3.05) is 10.7 Å². The van der Waals surface area contributed by atoms with E-state index < -0.39 is 11.9 Å². The van der Waals surface area contributed by atoms with E-state index in [-0.39, 0.29) is 12.3 Å². The lowest BCUT2D eigenvalue weighted by molar-refractivity contribution is -0.142. The molecule has 6 heteroatoms. The zero-order chi connectivity index (χ0) is 13.0. The third-order valence-corrected chi connectivity index (χ3v) is 2.84. The Balaban J connectivity index is 0. The van der Waals surface area contributed by atoms with E-state index in [2.05, 4.69) is 31.9 Å². The van der Waals surface area contributed by atoms with Crippen molar-refractivity contribution in [1.82, 2.24) is 0 Å². The minimum atomic E-state index is -0.723. The Bertz CT molecular complexity index is 197. The summed E-state index contributed by atoms with van der Waals surface area (Å²) in [7, 11) is 0. The maximum atomic E-state index is 10.3. The zero-order valence-corrected chi connectivity index (χ0v) is 12.5. The van der Waals surface area contributed by atoms with E-state index in [4.69, 9.17) is 10.2 Å². The standard InChI is InChI=1S/C6H11BrO2.C4H7BrO2/c1-2-5(3-4-7)6(8)9;5-3-1-2-4(6)7/h5H,2-4H2,1H3,(H,8,9);1-3H2,(H,6,7). The van der Waals surface area contributed by atoms with E-state index in [1.807, 2.05) is 6.92 Å². The van der Waals surface area contributed by atoms with Crippen molar-refractivity contribution in [2.45, 2.75) is 32.6 Å². The maximum Gasteiger partial charge on any atom is 0.306 e. The monoisotopic (exact) mass is 360 g/mol. The minimum Gasteiger partial charge on any atom is -0.481 e. The first-order valence-corrected chi connectivity index (χ1v) is 7.30. The Morgan fingerprint density at radius 1 is 1.19 bits per heavy atom. The minimum absolute atomic E-state index is 0.163. The van der Waals surface area contributed by atoms with Gasteiger partial charge in [0.2, 0.25) is 0 Å². The summed E-state index contributed by atoms with van der Waals surface area (Å²) >= 11 is 6.31. The van der Waals surface area contributed by atoms with Crippen LogP contribution in [0.4, 0.5) is 0 Å². The summed E-state index contributed by atoms with van der Waals surface area (Å²) < 4.78 is 0. The van der Waals surface area contributed by atoms with Gasteiger partial charge in [0.25, 0.3) is 0 Å². The Morgan fingerprint density at radius 2 is 1.75 bits per heavy atom. The second kappa shape index (κ2) is 13.0. The van der Waals surface area contributed by atoms with E-state index >= 15 is 0 Å². The van der Waals surface area contributed by atoms with E-state index in [9.17, 15) is 9.59 Å². The molecule has 0 aromatic carbocycles. The Hall–Kier alpha value is -0.100. The van der Waals surface area contributed by atoms with Gasteiger partial charge in [-0.15, -0.1) is 0 Å². The molecule has 16 heavy (non-hydrogen) atoms. The molecule has 0 aliphatic carbocycles. The molecule has 0 fully saturated rings. The first kappa shape index (κ1) is 18.3. The van der Waals surface area contributed by atoms with Crippen LogP contribution in [0.3, 0.4) is 0 Å². The lowest BCUT2D eigenvalue weighted by atomic mass is 10.0. The normalized spacial score (nSPS) is 11.2. The van der Waals surface area contributed by atoms with Crippen LogP contribution in [0.1, 0.15) is 32.6 Å². The van der Waals surface area contributed by atoms with Crippen molar-refractivity contribution in [1.29, 1.82) is 0 Å². The van der Waals surface area contributed by atoms with Crippen molar-refractivity contribution in [3.05, 3.63) is 0 Å². The second-order valence-electron chi connectivity index (χ2n) is 3.11. The average molecular weight is 362 g/mol. The molecule has 0 amide bonds. The topological polar surface area (TPSA) is 74.6 Å². The molecule has 96 valence electrons. The number of aliphatic carboxylic acids is 2. The highest BCUT2D eigenvalue weighted by molar-refractivity contribution is 9.09. The molecule has 0 aromatic rings. The molecule has 0 saturated heterocycles. The van der Waals surface area contributed by atoms with Gasteiger partial charge in [-0.25, -0.2) is 0 Å². The van der Waals surface area contributed by atoms with Crippen LogP contribution in [-0.4, -0.2) is 32.8 Å². The van der Waals surface area contributed by atoms with Gasteiger partial charge in [0, 0.05) is 17.1 Å². The Morgan fingerprint density at radius 3 is 1.88 bits per heavy atom. The fourth-order valence-electron chi connectivity index (χ4n) is 0.852. The van der Waals surface area contributed by atoms with Crippen LogP contribution in [0.2, 0.25) is 0 Å². The van der Waals surface area contributed by atoms with Crippen LogP contribution >= 0.6 is 31.9 Å². The largest absolute Gasteiger partial charge is 0.481 e. The van der Waals surface area contributed by atoms with E-state index in [1.54, 1.807) is 0 Å². The quantitative estimate of drug-likeness (QED) is 0.683. The van der Waals surface area contributed by atoms with Crippen molar-refractivity contribution in [3.8, 4) is 0 Å². The van der Waals surface area contributed by atoms with Gasteiger partial charge >= 0.3 is 11.9 Å². The molecule has 4 nitrogen and oxygen atoms in total. The molecule has 0 saturated carbocycles. The van der Waals surface area contributed by atoms with E-state index in [1.165, 1.54) is 0 Å². The van der Waals surface area contributed by atoms with Gasteiger partial charge in [-0.3, -0.25) is 9.59 Å². The molecular formula is C10H18Br2O4. The number of carboxylic acids is 2. The molecule has 2 N–H and O–H groups in total. The van der Waals surface area contributed by atoms with Crippen molar-refractivity contribution >= 4 is 43.8 Å². The summed E-state index contributed by atoms with van der Waals surface area (Å²) in [6.07, 6.45) is 2.44. The number of carbonyl (C=O) groups is 2. The number of hydrogen-bond acceptors (Lipinski definition) is 2. The number of carboxylic acid groups (broad SMARTS) is 2. The molecule has 0 aromatic heterocycles. The van der Waals surface area contributed by atoms with Crippen LogP contribution < -0.4 is 0 Å². The first-order chi connectivity index (χ1) is 7.49. The lowest BCUT2D eigenvalue weighted by Gasteiger charge is -2.04. The first-order valence-electron chi connectivity index (χ1n) is 5.06. The number of halogens is 2. The van der Waals surface area contributed by atoms with Gasteiger partial charge in [-0.1, -0.05) is 38.8 Å². The highest BCUT2D eigenvalue weighted by atomic mass is 79.9. The molecule has 0 radical (unpaired) electrons. The SMILES string of the molecule is CCC(CCBr)C(=O)O.O=C(O)CCCBr. The molecule has 0 heterocycles. The van der Waals surface area contributed by atoms with Crippen LogP contribution in [0.25, 0.3) is 0 Å². The second-order valence-corrected chi connectivity index (χ2v) is 4.69. The van der Waals surface area contributed by atoms with Crippen LogP contribution in [0, 0.1) is 5.92 Å². The smallest absolute Gasteiger partial charge is 0.306 e. The molecule has 0 bridgehead atoms. The van der Waals surface area contributed by atoms with Crippen LogP contribution in [0.5, 0.6) is 0 Å². The van der Waals surface area contributed by atoms with Gasteiger partial charge in [0.05, 0.1) is 5.92 Å². The van der Waals surface area contributed by atoms with E-state index in [0.717, 1.165) is 29.9 Å². The fraction of sp³-hybridized carbons (Fsp3) is 0.800. The molecule has 0 spiro atoms. The Kier molecular flexibility index (Phi) is 14.8. The van der Waals surface area contributed by atoms with Gasteiger partial charge in [-0.05, 0) is 19.3 Å². The highest BCUT2D eigenvalue weighted by Gasteiger charge is 2.12. The maximum absolute atomic E-state index is 10.3. The number of hydrogen-bond donors (Lipinski definition) is 2. The fourth-order valence-corrected chi connectivity index (χ4v) is 1.68. The molecule has 0 rings (SSSR count). The number of rotatable bonds is 7. The number of alkyl halides is 2. The van der Waals surface area contributed by atoms with Crippen LogP contribution in [-0.2, 0) is 9.59 Å². The van der Waals surface area contributed by atoms with Gasteiger partial charge in [0.1, 0.15) is 0 Å². The van der Waals surface area contributed by atoms with Gasteiger partial charge in [0.15, 0.2) is 0 Å². The lowest BCUT2D eigenvalue weighted by Crippen LogP contribution is -2.12. The highest BCUT2D eigenvalue weighted by Crippen LogP contribution is 2.09. The van der Waals surface area contributed by atoms with Gasteiger partial charge < -0.3 is 10.2 Å².